The highest BCUT2D eigenvalue weighted by atomic mass is 19.1. The zero-order valence-electron chi connectivity index (χ0n) is 23.2. The van der Waals surface area contributed by atoms with E-state index >= 15 is 0 Å². The molecule has 0 bridgehead atoms. The van der Waals surface area contributed by atoms with E-state index in [1.807, 2.05) is 93.0 Å². The van der Waals surface area contributed by atoms with Crippen molar-refractivity contribution in [2.75, 3.05) is 26.0 Å². The first-order valence-electron chi connectivity index (χ1n) is 13.7. The number of hydrogen-bond acceptors (Lipinski definition) is 4. The molecular formula is C34H33FN4O2. The van der Waals surface area contributed by atoms with Crippen molar-refractivity contribution in [1.29, 1.82) is 0 Å². The SMILES string of the molecule is CN(C)Cc1ccc(N=C(c2cccc(CCNC(=O)Cc3ccccc3)c2)C2C(=O)Nc3cc(F)ccc32)cc1. The number of fused-ring (bicyclic) bond motifs is 1. The molecule has 7 heteroatoms. The number of carbonyl (C=O) groups is 2. The molecule has 0 aromatic heterocycles. The van der Waals surface area contributed by atoms with Crippen molar-refractivity contribution in [3.05, 3.63) is 131 Å². The van der Waals surface area contributed by atoms with Crippen LogP contribution in [0.2, 0.25) is 0 Å². The average molecular weight is 549 g/mol. The lowest BCUT2D eigenvalue weighted by Gasteiger charge is -2.15. The van der Waals surface area contributed by atoms with Gasteiger partial charge in [0.05, 0.1) is 17.8 Å². The van der Waals surface area contributed by atoms with Crippen LogP contribution in [0.15, 0.2) is 102 Å². The zero-order valence-corrected chi connectivity index (χ0v) is 23.2. The molecular weight excluding hydrogens is 515 g/mol. The van der Waals surface area contributed by atoms with Gasteiger partial charge in [-0.25, -0.2) is 4.39 Å². The zero-order chi connectivity index (χ0) is 28.8. The Hall–Kier alpha value is -4.62. The number of rotatable bonds is 10. The molecule has 0 aliphatic carbocycles. The van der Waals surface area contributed by atoms with Gasteiger partial charge in [-0.2, -0.15) is 0 Å². The van der Waals surface area contributed by atoms with E-state index in [0.717, 1.165) is 34.5 Å². The third-order valence-corrected chi connectivity index (χ3v) is 6.97. The number of benzene rings is 4. The van der Waals surface area contributed by atoms with Gasteiger partial charge in [-0.05, 0) is 78.7 Å². The van der Waals surface area contributed by atoms with Crippen LogP contribution in [0.4, 0.5) is 15.8 Å². The monoisotopic (exact) mass is 548 g/mol. The van der Waals surface area contributed by atoms with E-state index in [1.54, 1.807) is 6.07 Å². The summed E-state index contributed by atoms with van der Waals surface area (Å²) in [5, 5.41) is 5.82. The fourth-order valence-corrected chi connectivity index (χ4v) is 5.06. The summed E-state index contributed by atoms with van der Waals surface area (Å²) in [6.07, 6.45) is 0.960. The Morgan fingerprint density at radius 1 is 0.902 bits per heavy atom. The van der Waals surface area contributed by atoms with Crippen molar-refractivity contribution in [2.24, 2.45) is 4.99 Å². The van der Waals surface area contributed by atoms with Crippen LogP contribution in [0.5, 0.6) is 0 Å². The van der Waals surface area contributed by atoms with Gasteiger partial charge in [0.2, 0.25) is 11.8 Å². The van der Waals surface area contributed by atoms with Gasteiger partial charge in [0.15, 0.2) is 0 Å². The summed E-state index contributed by atoms with van der Waals surface area (Å²) in [5.41, 5.74) is 6.41. The van der Waals surface area contributed by atoms with Crippen LogP contribution in [0.1, 0.15) is 33.7 Å². The molecule has 1 atom stereocenters. The van der Waals surface area contributed by atoms with Gasteiger partial charge in [0.25, 0.3) is 0 Å². The van der Waals surface area contributed by atoms with Gasteiger partial charge in [0.1, 0.15) is 11.7 Å². The summed E-state index contributed by atoms with van der Waals surface area (Å²) in [7, 11) is 4.04. The van der Waals surface area contributed by atoms with Gasteiger partial charge in [-0.1, -0.05) is 66.7 Å². The first-order valence-corrected chi connectivity index (χ1v) is 13.7. The van der Waals surface area contributed by atoms with E-state index in [0.29, 0.717) is 36.3 Å². The van der Waals surface area contributed by atoms with E-state index in [2.05, 4.69) is 15.5 Å². The molecule has 4 aromatic rings. The van der Waals surface area contributed by atoms with E-state index in [-0.39, 0.29) is 11.8 Å². The largest absolute Gasteiger partial charge is 0.355 e. The molecule has 0 spiro atoms. The Kier molecular flexibility index (Phi) is 8.65. The molecule has 0 fully saturated rings. The molecule has 2 N–H and O–H groups in total. The number of halogens is 1. The minimum Gasteiger partial charge on any atom is -0.355 e. The summed E-state index contributed by atoms with van der Waals surface area (Å²) in [4.78, 5) is 32.7. The maximum atomic E-state index is 14.0. The molecule has 1 heterocycles. The third-order valence-electron chi connectivity index (χ3n) is 6.97. The molecule has 208 valence electrons. The van der Waals surface area contributed by atoms with Crippen LogP contribution in [0.3, 0.4) is 0 Å². The molecule has 0 saturated heterocycles. The lowest BCUT2D eigenvalue weighted by atomic mass is 9.89. The summed E-state index contributed by atoms with van der Waals surface area (Å²) in [6.45, 7) is 1.30. The fraction of sp³-hybridized carbons (Fsp3) is 0.206. The van der Waals surface area contributed by atoms with E-state index in [9.17, 15) is 14.0 Å². The molecule has 1 aliphatic heterocycles. The highest BCUT2D eigenvalue weighted by molar-refractivity contribution is 6.24. The number of nitrogens with one attached hydrogen (secondary N) is 2. The number of carbonyl (C=O) groups excluding carboxylic acids is 2. The molecule has 1 aliphatic rings. The summed E-state index contributed by atoms with van der Waals surface area (Å²) in [6, 6.07) is 29.8. The fourth-order valence-electron chi connectivity index (χ4n) is 5.06. The highest BCUT2D eigenvalue weighted by Crippen LogP contribution is 2.37. The van der Waals surface area contributed by atoms with Gasteiger partial charge < -0.3 is 15.5 Å². The molecule has 0 saturated carbocycles. The quantitative estimate of drug-likeness (QED) is 0.252. The lowest BCUT2D eigenvalue weighted by Crippen LogP contribution is -2.27. The van der Waals surface area contributed by atoms with Crippen LogP contribution < -0.4 is 10.6 Å². The van der Waals surface area contributed by atoms with Gasteiger partial charge in [-0.3, -0.25) is 14.6 Å². The maximum absolute atomic E-state index is 14.0. The first-order chi connectivity index (χ1) is 19.9. The summed E-state index contributed by atoms with van der Waals surface area (Å²) < 4.78 is 14.0. The number of amides is 2. The number of hydrogen-bond donors (Lipinski definition) is 2. The highest BCUT2D eigenvalue weighted by Gasteiger charge is 2.35. The van der Waals surface area contributed by atoms with Crippen molar-refractivity contribution < 1.29 is 14.0 Å². The van der Waals surface area contributed by atoms with E-state index < -0.39 is 11.7 Å². The average Bonchev–Trinajstić information content (AvgIpc) is 3.27. The topological polar surface area (TPSA) is 73.8 Å². The second-order valence-corrected chi connectivity index (χ2v) is 10.5. The van der Waals surface area contributed by atoms with Crippen molar-refractivity contribution in [3.8, 4) is 0 Å². The minimum absolute atomic E-state index is 0.0289. The van der Waals surface area contributed by atoms with Crippen LogP contribution in [0.25, 0.3) is 0 Å². The normalized spacial score (nSPS) is 14.6. The maximum Gasteiger partial charge on any atom is 0.238 e. The Labute approximate surface area is 239 Å². The van der Waals surface area contributed by atoms with Crippen molar-refractivity contribution in [1.82, 2.24) is 10.2 Å². The first kappa shape index (κ1) is 27.9. The van der Waals surface area contributed by atoms with Crippen LogP contribution in [-0.4, -0.2) is 43.1 Å². The Morgan fingerprint density at radius 3 is 2.41 bits per heavy atom. The van der Waals surface area contributed by atoms with Gasteiger partial charge >= 0.3 is 0 Å². The van der Waals surface area contributed by atoms with Crippen LogP contribution >= 0.6 is 0 Å². The predicted octanol–water partition coefficient (Wildman–Crippen LogP) is 5.65. The molecule has 41 heavy (non-hydrogen) atoms. The Morgan fingerprint density at radius 2 is 1.66 bits per heavy atom. The predicted molar refractivity (Wildman–Crippen MR) is 161 cm³/mol. The Bertz CT molecular complexity index is 1570. The third kappa shape index (κ3) is 7.13. The Balaban J connectivity index is 1.40. The number of aliphatic imine (C=N–C) groups is 1. The van der Waals surface area contributed by atoms with Crippen molar-refractivity contribution >= 4 is 28.9 Å². The van der Waals surface area contributed by atoms with E-state index in [4.69, 9.17) is 4.99 Å². The molecule has 6 nitrogen and oxygen atoms in total. The van der Waals surface area contributed by atoms with Crippen LogP contribution in [-0.2, 0) is 29.0 Å². The second kappa shape index (κ2) is 12.7. The van der Waals surface area contributed by atoms with Crippen molar-refractivity contribution in [3.63, 3.8) is 0 Å². The summed E-state index contributed by atoms with van der Waals surface area (Å²) >= 11 is 0. The van der Waals surface area contributed by atoms with E-state index in [1.165, 1.54) is 12.1 Å². The molecule has 5 rings (SSSR count). The number of nitrogens with zero attached hydrogens (tertiary/aromatic N) is 2. The summed E-state index contributed by atoms with van der Waals surface area (Å²) in [5.74, 6) is -1.37. The van der Waals surface area contributed by atoms with Crippen LogP contribution in [0, 0.1) is 5.82 Å². The van der Waals surface area contributed by atoms with Gasteiger partial charge in [-0.15, -0.1) is 0 Å². The van der Waals surface area contributed by atoms with Gasteiger partial charge in [0, 0.05) is 18.8 Å². The molecule has 1 unspecified atom stereocenters. The molecule has 0 radical (unpaired) electrons. The minimum atomic E-state index is -0.687. The molecule has 4 aromatic carbocycles. The number of anilines is 1. The molecule has 2 amide bonds. The standard InChI is InChI=1S/C34H33FN4O2/c1-39(2)22-25-11-14-28(15-12-25)37-33(32-29-16-13-27(35)21-30(29)38-34(32)41)26-10-6-9-24(19-26)17-18-36-31(40)20-23-7-4-3-5-8-23/h3-16,19,21,32H,17-18,20,22H2,1-2H3,(H,36,40)(H,38,41). The smallest absolute Gasteiger partial charge is 0.238 e. The lowest BCUT2D eigenvalue weighted by molar-refractivity contribution is -0.120. The van der Waals surface area contributed by atoms with Crippen molar-refractivity contribution in [2.45, 2.75) is 25.3 Å². The second-order valence-electron chi connectivity index (χ2n) is 10.5.